The molecule has 0 radical (unpaired) electrons. The fourth-order valence-corrected chi connectivity index (χ4v) is 3.77. The van der Waals surface area contributed by atoms with Crippen LogP contribution >= 0.6 is 35.3 Å². The fraction of sp³-hybridized carbons (Fsp3) is 0.474. The number of aliphatic imine (C=N–C) groups is 1. The van der Waals surface area contributed by atoms with Gasteiger partial charge in [0.1, 0.15) is 5.01 Å². The van der Waals surface area contributed by atoms with Gasteiger partial charge in [-0.1, -0.05) is 30.3 Å². The maximum atomic E-state index is 5.80. The van der Waals surface area contributed by atoms with Crippen molar-refractivity contribution in [3.8, 4) is 10.6 Å². The van der Waals surface area contributed by atoms with Gasteiger partial charge in [-0.25, -0.2) is 4.98 Å². The van der Waals surface area contributed by atoms with Crippen LogP contribution in [0, 0.1) is 0 Å². The molecular formula is C19H27IN4OS. The van der Waals surface area contributed by atoms with Gasteiger partial charge >= 0.3 is 0 Å². The number of hydrogen-bond acceptors (Lipinski definition) is 4. The first kappa shape index (κ1) is 21.1. The highest BCUT2D eigenvalue weighted by Crippen LogP contribution is 2.24. The van der Waals surface area contributed by atoms with Crippen molar-refractivity contribution in [2.45, 2.75) is 31.8 Å². The molecule has 1 unspecified atom stereocenters. The van der Waals surface area contributed by atoms with E-state index < -0.39 is 0 Å². The average Bonchev–Trinajstić information content (AvgIpc) is 3.28. The molecule has 2 heterocycles. The van der Waals surface area contributed by atoms with Crippen molar-refractivity contribution in [3.05, 3.63) is 41.4 Å². The molecule has 0 amide bonds. The summed E-state index contributed by atoms with van der Waals surface area (Å²) in [6, 6.07) is 10.3. The van der Waals surface area contributed by atoms with Crippen molar-refractivity contribution in [1.82, 2.24) is 15.6 Å². The summed E-state index contributed by atoms with van der Waals surface area (Å²) in [7, 11) is 1.80. The second-order valence-electron chi connectivity index (χ2n) is 6.51. The number of rotatable bonds is 6. The zero-order chi connectivity index (χ0) is 17.5. The van der Waals surface area contributed by atoms with Crippen LogP contribution in [0.15, 0.2) is 40.7 Å². The highest BCUT2D eigenvalue weighted by atomic mass is 127. The van der Waals surface area contributed by atoms with Gasteiger partial charge in [0.25, 0.3) is 0 Å². The van der Waals surface area contributed by atoms with Gasteiger partial charge in [0.05, 0.1) is 11.3 Å². The molecule has 0 spiro atoms. The molecule has 142 valence electrons. The van der Waals surface area contributed by atoms with Crippen molar-refractivity contribution in [2.24, 2.45) is 4.99 Å². The molecule has 1 atom stereocenters. The Morgan fingerprint density at radius 2 is 2.12 bits per heavy atom. The van der Waals surface area contributed by atoms with Gasteiger partial charge in [0.2, 0.25) is 0 Å². The summed E-state index contributed by atoms with van der Waals surface area (Å²) < 4.78 is 5.80. The summed E-state index contributed by atoms with van der Waals surface area (Å²) in [4.78, 5) is 9.01. The van der Waals surface area contributed by atoms with Crippen LogP contribution in [0.3, 0.4) is 0 Å². The van der Waals surface area contributed by atoms with Gasteiger partial charge in [-0.15, -0.1) is 35.3 Å². The van der Waals surface area contributed by atoms with Crippen LogP contribution in [-0.2, 0) is 11.2 Å². The smallest absolute Gasteiger partial charge is 0.191 e. The number of nitrogens with one attached hydrogen (secondary N) is 2. The van der Waals surface area contributed by atoms with Crippen LogP contribution in [-0.4, -0.2) is 43.3 Å². The number of benzene rings is 1. The molecule has 1 saturated heterocycles. The third kappa shape index (κ3) is 5.92. The zero-order valence-corrected chi connectivity index (χ0v) is 18.5. The lowest BCUT2D eigenvalue weighted by Gasteiger charge is -2.24. The fourth-order valence-electron chi connectivity index (χ4n) is 2.91. The Bertz CT molecular complexity index is 699. The van der Waals surface area contributed by atoms with Gasteiger partial charge in [0, 0.05) is 44.1 Å². The molecule has 26 heavy (non-hydrogen) atoms. The normalized spacial score (nSPS) is 19.8. The number of nitrogens with zero attached hydrogens (tertiary/aromatic N) is 2. The molecule has 0 aliphatic carbocycles. The van der Waals surface area contributed by atoms with Crippen LogP contribution in [0.5, 0.6) is 0 Å². The predicted molar refractivity (Wildman–Crippen MR) is 120 cm³/mol. The maximum absolute atomic E-state index is 5.80. The molecule has 7 heteroatoms. The van der Waals surface area contributed by atoms with Gasteiger partial charge in [-0.3, -0.25) is 4.99 Å². The van der Waals surface area contributed by atoms with Crippen LogP contribution in [0.25, 0.3) is 10.6 Å². The van der Waals surface area contributed by atoms with Crippen molar-refractivity contribution < 1.29 is 4.74 Å². The van der Waals surface area contributed by atoms with E-state index in [0.29, 0.717) is 0 Å². The highest BCUT2D eigenvalue weighted by Gasteiger charge is 2.29. The number of thiazole rings is 1. The summed E-state index contributed by atoms with van der Waals surface area (Å²) in [5, 5.41) is 9.93. The van der Waals surface area contributed by atoms with E-state index in [1.165, 1.54) is 5.56 Å². The Morgan fingerprint density at radius 3 is 2.81 bits per heavy atom. The van der Waals surface area contributed by atoms with Crippen molar-refractivity contribution >= 4 is 41.3 Å². The summed E-state index contributed by atoms with van der Waals surface area (Å²) in [6.45, 7) is 4.59. The minimum absolute atomic E-state index is 0. The molecule has 1 aliphatic rings. The van der Waals surface area contributed by atoms with Crippen LogP contribution in [0.4, 0.5) is 0 Å². The minimum Gasteiger partial charge on any atom is -0.373 e. The standard InChI is InChI=1S/C19H26N4OS.HI/c1-19(10-6-12-24-19)14-22-18(20-2)21-11-9-16-13-25-17(23-16)15-7-4-3-5-8-15;/h3-5,7-8,13H,6,9-12,14H2,1-2H3,(H2,20,21,22);1H. The van der Waals surface area contributed by atoms with Gasteiger partial charge in [0.15, 0.2) is 5.96 Å². The zero-order valence-electron chi connectivity index (χ0n) is 15.3. The number of ether oxygens (including phenoxy) is 1. The van der Waals surface area contributed by atoms with Crippen molar-refractivity contribution in [3.63, 3.8) is 0 Å². The number of guanidine groups is 1. The van der Waals surface area contributed by atoms with E-state index >= 15 is 0 Å². The average molecular weight is 486 g/mol. The SMILES string of the molecule is CN=C(NCCc1csc(-c2ccccc2)n1)NCC1(C)CCCO1.I. The molecule has 2 N–H and O–H groups in total. The Labute approximate surface area is 176 Å². The lowest BCUT2D eigenvalue weighted by atomic mass is 10.0. The van der Waals surface area contributed by atoms with Gasteiger partial charge < -0.3 is 15.4 Å². The Kier molecular flexibility index (Phi) is 8.30. The minimum atomic E-state index is -0.0723. The second-order valence-corrected chi connectivity index (χ2v) is 7.37. The quantitative estimate of drug-likeness (QED) is 0.372. The van der Waals surface area contributed by atoms with E-state index in [9.17, 15) is 0 Å². The molecule has 1 aliphatic heterocycles. The lowest BCUT2D eigenvalue weighted by molar-refractivity contribution is 0.0243. The van der Waals surface area contributed by atoms with Gasteiger partial charge in [-0.05, 0) is 19.8 Å². The lowest BCUT2D eigenvalue weighted by Crippen LogP contribution is -2.45. The monoisotopic (exact) mass is 486 g/mol. The topological polar surface area (TPSA) is 58.5 Å². The van der Waals surface area contributed by atoms with E-state index in [2.05, 4.69) is 40.1 Å². The Balaban J connectivity index is 0.00000243. The second kappa shape index (κ2) is 10.2. The molecule has 1 aromatic carbocycles. The third-order valence-corrected chi connectivity index (χ3v) is 5.34. The molecule has 1 fully saturated rings. The first-order chi connectivity index (χ1) is 12.2. The molecule has 3 rings (SSSR count). The number of halogens is 1. The maximum Gasteiger partial charge on any atom is 0.191 e. The molecule has 1 aromatic heterocycles. The molecule has 0 saturated carbocycles. The molecule has 2 aromatic rings. The molecule has 0 bridgehead atoms. The summed E-state index contributed by atoms with van der Waals surface area (Å²) in [5.74, 6) is 0.815. The van der Waals surface area contributed by atoms with Crippen molar-refractivity contribution in [1.29, 1.82) is 0 Å². The number of aromatic nitrogens is 1. The summed E-state index contributed by atoms with van der Waals surface area (Å²) in [5.41, 5.74) is 2.21. The molecular weight excluding hydrogens is 459 g/mol. The third-order valence-electron chi connectivity index (χ3n) is 4.40. The van der Waals surface area contributed by atoms with E-state index in [1.807, 2.05) is 18.2 Å². The first-order valence-electron chi connectivity index (χ1n) is 8.77. The Morgan fingerprint density at radius 1 is 1.31 bits per heavy atom. The number of hydrogen-bond donors (Lipinski definition) is 2. The first-order valence-corrected chi connectivity index (χ1v) is 9.65. The van der Waals surface area contributed by atoms with Crippen LogP contribution in [0.1, 0.15) is 25.5 Å². The highest BCUT2D eigenvalue weighted by molar-refractivity contribution is 14.0. The molecule has 5 nitrogen and oxygen atoms in total. The van der Waals surface area contributed by atoms with E-state index in [-0.39, 0.29) is 29.6 Å². The van der Waals surface area contributed by atoms with E-state index in [4.69, 9.17) is 9.72 Å². The van der Waals surface area contributed by atoms with Crippen molar-refractivity contribution in [2.75, 3.05) is 26.7 Å². The van der Waals surface area contributed by atoms with E-state index in [1.54, 1.807) is 18.4 Å². The van der Waals surface area contributed by atoms with Crippen LogP contribution in [0.2, 0.25) is 0 Å². The Hall–Kier alpha value is -1.19. The predicted octanol–water partition coefficient (Wildman–Crippen LogP) is 3.70. The van der Waals surface area contributed by atoms with Crippen LogP contribution < -0.4 is 10.6 Å². The largest absolute Gasteiger partial charge is 0.373 e. The summed E-state index contributed by atoms with van der Waals surface area (Å²) >= 11 is 1.69. The summed E-state index contributed by atoms with van der Waals surface area (Å²) in [6.07, 6.45) is 3.10. The van der Waals surface area contributed by atoms with Gasteiger partial charge in [-0.2, -0.15) is 0 Å². The van der Waals surface area contributed by atoms with E-state index in [0.717, 1.165) is 55.6 Å².